The van der Waals surface area contributed by atoms with Crippen LogP contribution in [-0.2, 0) is 18.4 Å². The van der Waals surface area contributed by atoms with Crippen molar-refractivity contribution in [3.05, 3.63) is 64.3 Å². The molecule has 3 rings (SSSR count). The van der Waals surface area contributed by atoms with E-state index in [1.807, 2.05) is 61.1 Å². The number of benzene rings is 1. The van der Waals surface area contributed by atoms with E-state index in [9.17, 15) is 9.59 Å². The standard InChI is InChI=1S/C17H16N2O2S/c1-12-5-3-6-13(9-12)11-19-16(20)15(22-17(19)21)10-14-7-4-8-18(14)2/h3-10H,11H2,1-2H3/b15-10-. The maximum absolute atomic E-state index is 12.4. The van der Waals surface area contributed by atoms with E-state index >= 15 is 0 Å². The second kappa shape index (κ2) is 5.85. The highest BCUT2D eigenvalue weighted by molar-refractivity contribution is 8.18. The Balaban J connectivity index is 1.83. The molecule has 0 saturated carbocycles. The summed E-state index contributed by atoms with van der Waals surface area (Å²) in [6.45, 7) is 2.31. The first kappa shape index (κ1) is 14.7. The number of rotatable bonds is 3. The third-order valence-electron chi connectivity index (χ3n) is 3.56. The van der Waals surface area contributed by atoms with Crippen molar-refractivity contribution < 1.29 is 9.59 Å². The highest BCUT2D eigenvalue weighted by Gasteiger charge is 2.35. The monoisotopic (exact) mass is 312 g/mol. The Morgan fingerprint density at radius 1 is 1.18 bits per heavy atom. The maximum Gasteiger partial charge on any atom is 0.293 e. The fraction of sp³-hybridized carbons (Fsp3) is 0.176. The molecule has 0 aliphatic carbocycles. The van der Waals surface area contributed by atoms with Gasteiger partial charge in [0.25, 0.3) is 11.1 Å². The van der Waals surface area contributed by atoms with Gasteiger partial charge >= 0.3 is 0 Å². The van der Waals surface area contributed by atoms with Gasteiger partial charge in [0.15, 0.2) is 0 Å². The molecular formula is C17H16N2O2S. The number of amides is 2. The first-order valence-corrected chi connectivity index (χ1v) is 7.78. The van der Waals surface area contributed by atoms with Crippen molar-refractivity contribution >= 4 is 29.0 Å². The normalized spacial score (nSPS) is 16.8. The van der Waals surface area contributed by atoms with E-state index in [2.05, 4.69) is 0 Å². The lowest BCUT2D eigenvalue weighted by Crippen LogP contribution is -2.27. The molecule has 22 heavy (non-hydrogen) atoms. The van der Waals surface area contributed by atoms with Crippen LogP contribution in [0.25, 0.3) is 6.08 Å². The summed E-state index contributed by atoms with van der Waals surface area (Å²) in [5, 5.41) is -0.216. The van der Waals surface area contributed by atoms with Gasteiger partial charge in [-0.05, 0) is 42.5 Å². The molecular weight excluding hydrogens is 296 g/mol. The van der Waals surface area contributed by atoms with Gasteiger partial charge < -0.3 is 4.57 Å². The Bertz CT molecular complexity index is 776. The van der Waals surface area contributed by atoms with E-state index in [-0.39, 0.29) is 11.1 Å². The van der Waals surface area contributed by atoms with E-state index in [0.717, 1.165) is 28.6 Å². The summed E-state index contributed by atoms with van der Waals surface area (Å²) < 4.78 is 1.91. The summed E-state index contributed by atoms with van der Waals surface area (Å²) in [6.07, 6.45) is 3.67. The molecule has 1 aliphatic heterocycles. The fourth-order valence-corrected chi connectivity index (χ4v) is 3.21. The van der Waals surface area contributed by atoms with Crippen molar-refractivity contribution in [1.29, 1.82) is 0 Å². The van der Waals surface area contributed by atoms with Crippen LogP contribution in [-0.4, -0.2) is 20.6 Å². The van der Waals surface area contributed by atoms with E-state index in [1.54, 1.807) is 6.08 Å². The summed E-state index contributed by atoms with van der Waals surface area (Å²) in [5.74, 6) is -0.224. The molecule has 1 aliphatic rings. The summed E-state index contributed by atoms with van der Waals surface area (Å²) in [5.41, 5.74) is 2.98. The molecule has 0 spiro atoms. The molecule has 112 valence electrons. The predicted molar refractivity (Wildman–Crippen MR) is 88.1 cm³/mol. The average molecular weight is 312 g/mol. The lowest BCUT2D eigenvalue weighted by molar-refractivity contribution is -0.123. The van der Waals surface area contributed by atoms with Gasteiger partial charge in [0.05, 0.1) is 11.4 Å². The minimum Gasteiger partial charge on any atom is -0.351 e. The highest BCUT2D eigenvalue weighted by Crippen LogP contribution is 2.33. The van der Waals surface area contributed by atoms with Gasteiger partial charge in [-0.25, -0.2) is 0 Å². The van der Waals surface area contributed by atoms with Crippen LogP contribution in [0, 0.1) is 6.92 Å². The molecule has 0 N–H and O–H groups in total. The molecule has 4 nitrogen and oxygen atoms in total. The Hall–Kier alpha value is -2.27. The van der Waals surface area contributed by atoms with Crippen LogP contribution in [0.3, 0.4) is 0 Å². The Labute approximate surface area is 133 Å². The zero-order chi connectivity index (χ0) is 15.7. The Morgan fingerprint density at radius 3 is 2.68 bits per heavy atom. The van der Waals surface area contributed by atoms with Gasteiger partial charge in [-0.15, -0.1) is 0 Å². The third kappa shape index (κ3) is 2.85. The first-order valence-electron chi connectivity index (χ1n) is 6.97. The molecule has 1 aromatic carbocycles. The number of thioether (sulfide) groups is 1. The van der Waals surface area contributed by atoms with E-state index < -0.39 is 0 Å². The molecule has 1 saturated heterocycles. The molecule has 5 heteroatoms. The molecule has 2 amide bonds. The predicted octanol–water partition coefficient (Wildman–Crippen LogP) is 3.57. The van der Waals surface area contributed by atoms with Crippen LogP contribution in [0.4, 0.5) is 4.79 Å². The summed E-state index contributed by atoms with van der Waals surface area (Å²) in [4.78, 5) is 26.3. The van der Waals surface area contributed by atoms with Crippen LogP contribution in [0.5, 0.6) is 0 Å². The number of aromatic nitrogens is 1. The van der Waals surface area contributed by atoms with Crippen LogP contribution in [0.2, 0.25) is 0 Å². The van der Waals surface area contributed by atoms with Crippen molar-refractivity contribution in [2.24, 2.45) is 7.05 Å². The van der Waals surface area contributed by atoms with E-state index in [1.165, 1.54) is 4.90 Å². The topological polar surface area (TPSA) is 42.3 Å². The van der Waals surface area contributed by atoms with Crippen LogP contribution >= 0.6 is 11.8 Å². The molecule has 1 fully saturated rings. The van der Waals surface area contributed by atoms with Gasteiger partial charge in [-0.2, -0.15) is 0 Å². The number of hydrogen-bond acceptors (Lipinski definition) is 3. The van der Waals surface area contributed by atoms with Crippen molar-refractivity contribution in [3.63, 3.8) is 0 Å². The number of aryl methyl sites for hydroxylation is 2. The number of hydrogen-bond donors (Lipinski definition) is 0. The Kier molecular flexibility index (Phi) is 3.90. The number of carbonyl (C=O) groups is 2. The van der Waals surface area contributed by atoms with Crippen molar-refractivity contribution in [3.8, 4) is 0 Å². The second-order valence-corrected chi connectivity index (χ2v) is 6.29. The van der Waals surface area contributed by atoms with Crippen molar-refractivity contribution in [1.82, 2.24) is 9.47 Å². The van der Waals surface area contributed by atoms with Crippen LogP contribution in [0.1, 0.15) is 16.8 Å². The molecule has 0 unspecified atom stereocenters. The number of imide groups is 1. The van der Waals surface area contributed by atoms with Gasteiger partial charge in [0.1, 0.15) is 0 Å². The zero-order valence-corrected chi connectivity index (χ0v) is 13.3. The first-order chi connectivity index (χ1) is 10.5. The SMILES string of the molecule is Cc1cccc(CN2C(=O)S/C(=C\c3cccn3C)C2=O)c1. The number of carbonyl (C=O) groups excluding carboxylic acids is 2. The summed E-state index contributed by atoms with van der Waals surface area (Å²) in [7, 11) is 1.91. The fourth-order valence-electron chi connectivity index (χ4n) is 2.39. The second-order valence-electron chi connectivity index (χ2n) is 5.30. The van der Waals surface area contributed by atoms with E-state index in [0.29, 0.717) is 11.4 Å². The summed E-state index contributed by atoms with van der Waals surface area (Å²) >= 11 is 0.997. The molecule has 0 radical (unpaired) electrons. The summed E-state index contributed by atoms with van der Waals surface area (Å²) in [6, 6.07) is 11.7. The lowest BCUT2D eigenvalue weighted by atomic mass is 10.1. The minimum absolute atomic E-state index is 0.216. The lowest BCUT2D eigenvalue weighted by Gasteiger charge is -2.12. The molecule has 1 aromatic heterocycles. The minimum atomic E-state index is -0.224. The zero-order valence-electron chi connectivity index (χ0n) is 12.4. The molecule has 2 heterocycles. The Morgan fingerprint density at radius 2 is 2.00 bits per heavy atom. The van der Waals surface area contributed by atoms with Gasteiger partial charge in [-0.1, -0.05) is 29.8 Å². The van der Waals surface area contributed by atoms with Crippen molar-refractivity contribution in [2.45, 2.75) is 13.5 Å². The largest absolute Gasteiger partial charge is 0.351 e. The molecule has 0 bridgehead atoms. The van der Waals surface area contributed by atoms with Gasteiger partial charge in [0, 0.05) is 18.9 Å². The smallest absolute Gasteiger partial charge is 0.293 e. The highest BCUT2D eigenvalue weighted by atomic mass is 32.2. The maximum atomic E-state index is 12.4. The van der Waals surface area contributed by atoms with Gasteiger partial charge in [-0.3, -0.25) is 14.5 Å². The molecule has 0 atom stereocenters. The molecule has 2 aromatic rings. The van der Waals surface area contributed by atoms with Crippen LogP contribution in [0.15, 0.2) is 47.5 Å². The number of nitrogens with zero attached hydrogens (tertiary/aromatic N) is 2. The average Bonchev–Trinajstić information content (AvgIpc) is 2.98. The van der Waals surface area contributed by atoms with Gasteiger partial charge in [0.2, 0.25) is 0 Å². The van der Waals surface area contributed by atoms with Crippen molar-refractivity contribution in [2.75, 3.05) is 0 Å². The van der Waals surface area contributed by atoms with Crippen LogP contribution < -0.4 is 0 Å². The van der Waals surface area contributed by atoms with E-state index in [4.69, 9.17) is 0 Å². The third-order valence-corrected chi connectivity index (χ3v) is 4.47. The quantitative estimate of drug-likeness (QED) is 0.814.